The summed E-state index contributed by atoms with van der Waals surface area (Å²) in [6.07, 6.45) is 8.20. The second-order valence-corrected chi connectivity index (χ2v) is 8.93. The first-order chi connectivity index (χ1) is 15.4. The van der Waals surface area contributed by atoms with Crippen LogP contribution >= 0.6 is 0 Å². The molecule has 1 aliphatic carbocycles. The van der Waals surface area contributed by atoms with Gasteiger partial charge in [-0.05, 0) is 44.2 Å². The van der Waals surface area contributed by atoms with Gasteiger partial charge in [0.1, 0.15) is 12.1 Å². The van der Waals surface area contributed by atoms with Crippen molar-refractivity contribution in [3.8, 4) is 0 Å². The molecule has 32 heavy (non-hydrogen) atoms. The number of primary amides is 1. The van der Waals surface area contributed by atoms with Crippen LogP contribution in [0, 0.1) is 0 Å². The van der Waals surface area contributed by atoms with Crippen LogP contribution in [0.3, 0.4) is 0 Å². The van der Waals surface area contributed by atoms with Gasteiger partial charge in [-0.3, -0.25) is 14.4 Å². The van der Waals surface area contributed by atoms with E-state index in [0.29, 0.717) is 19.4 Å². The molecule has 4 N–H and O–H groups in total. The molecular formula is C22H31N5O5. The fourth-order valence-electron chi connectivity index (χ4n) is 5.12. The van der Waals surface area contributed by atoms with Crippen LogP contribution in [0.25, 0.3) is 0 Å². The molecule has 174 valence electrons. The van der Waals surface area contributed by atoms with Gasteiger partial charge in [-0.15, -0.1) is 0 Å². The van der Waals surface area contributed by atoms with Crippen molar-refractivity contribution in [1.82, 2.24) is 20.4 Å². The Morgan fingerprint density at radius 3 is 2.38 bits per heavy atom. The summed E-state index contributed by atoms with van der Waals surface area (Å²) in [5.74, 6) is -1.15. The number of rotatable bonds is 5. The van der Waals surface area contributed by atoms with Gasteiger partial charge in [-0.1, -0.05) is 19.3 Å². The molecule has 10 nitrogen and oxygen atoms in total. The van der Waals surface area contributed by atoms with Crippen LogP contribution in [0.5, 0.6) is 0 Å². The molecule has 0 bridgehead atoms. The highest BCUT2D eigenvalue weighted by molar-refractivity contribution is 5.97. The first-order valence-electron chi connectivity index (χ1n) is 11.5. The molecule has 0 spiro atoms. The summed E-state index contributed by atoms with van der Waals surface area (Å²) >= 11 is 0. The summed E-state index contributed by atoms with van der Waals surface area (Å²) in [4.78, 5) is 53.7. The number of urea groups is 1. The van der Waals surface area contributed by atoms with Gasteiger partial charge in [0.25, 0.3) is 5.91 Å². The molecule has 5 amide bonds. The van der Waals surface area contributed by atoms with Crippen LogP contribution < -0.4 is 16.4 Å². The van der Waals surface area contributed by atoms with Crippen LogP contribution in [0.2, 0.25) is 0 Å². The number of nitrogens with zero attached hydrogens (tertiary/aromatic N) is 2. The van der Waals surface area contributed by atoms with E-state index in [1.807, 2.05) is 0 Å². The van der Waals surface area contributed by atoms with Crippen LogP contribution in [-0.2, 0) is 9.59 Å². The third kappa shape index (κ3) is 4.73. The molecule has 0 radical (unpaired) electrons. The number of carbonyl (C=O) groups is 4. The van der Waals surface area contributed by atoms with Crippen LogP contribution in [0.15, 0.2) is 22.8 Å². The quantitative estimate of drug-likeness (QED) is 0.620. The summed E-state index contributed by atoms with van der Waals surface area (Å²) in [7, 11) is 0. The number of nitrogens with one attached hydrogen (secondary N) is 2. The summed E-state index contributed by atoms with van der Waals surface area (Å²) < 4.78 is 5.25. The highest BCUT2D eigenvalue weighted by Crippen LogP contribution is 2.27. The predicted octanol–water partition coefficient (Wildman–Crippen LogP) is 0.971. The zero-order valence-electron chi connectivity index (χ0n) is 18.1. The first-order valence-corrected chi connectivity index (χ1v) is 11.5. The average molecular weight is 446 g/mol. The largest absolute Gasteiger partial charge is 0.459 e. The normalized spacial score (nSPS) is 26.2. The molecule has 3 atom stereocenters. The van der Waals surface area contributed by atoms with Gasteiger partial charge in [0.2, 0.25) is 11.8 Å². The Hall–Kier alpha value is -3.04. The zero-order chi connectivity index (χ0) is 22.7. The molecule has 3 aliphatic rings. The van der Waals surface area contributed by atoms with E-state index >= 15 is 0 Å². The lowest BCUT2D eigenvalue weighted by Gasteiger charge is -2.29. The van der Waals surface area contributed by atoms with Crippen molar-refractivity contribution in [1.29, 1.82) is 0 Å². The Kier molecular flexibility index (Phi) is 6.66. The van der Waals surface area contributed by atoms with Gasteiger partial charge in [-0.2, -0.15) is 0 Å². The zero-order valence-corrected chi connectivity index (χ0v) is 18.1. The topological polar surface area (TPSA) is 138 Å². The number of furan rings is 1. The minimum atomic E-state index is -0.799. The SMILES string of the molecule is NC(=O)[C@H]1CCCN1C(=O)[C@@H]1C[C@H](NC(=O)NC2CCCCC2)CN1C(=O)c1ccco1. The summed E-state index contributed by atoms with van der Waals surface area (Å²) in [5.41, 5.74) is 5.48. The van der Waals surface area contributed by atoms with E-state index in [4.69, 9.17) is 10.2 Å². The maximum atomic E-state index is 13.4. The molecule has 1 saturated carbocycles. The van der Waals surface area contributed by atoms with Crippen molar-refractivity contribution in [2.75, 3.05) is 13.1 Å². The molecule has 3 heterocycles. The molecule has 3 fully saturated rings. The maximum Gasteiger partial charge on any atom is 0.315 e. The van der Waals surface area contributed by atoms with E-state index in [9.17, 15) is 19.2 Å². The number of likely N-dealkylation sites (tertiary alicyclic amines) is 2. The monoisotopic (exact) mass is 445 g/mol. The fourth-order valence-corrected chi connectivity index (χ4v) is 5.12. The predicted molar refractivity (Wildman–Crippen MR) is 114 cm³/mol. The van der Waals surface area contributed by atoms with Crippen molar-refractivity contribution in [2.24, 2.45) is 5.73 Å². The van der Waals surface area contributed by atoms with Gasteiger partial charge in [0.15, 0.2) is 5.76 Å². The highest BCUT2D eigenvalue weighted by Gasteiger charge is 2.45. The first kappa shape index (κ1) is 22.2. The Labute approximate surface area is 186 Å². The lowest BCUT2D eigenvalue weighted by Crippen LogP contribution is -2.52. The lowest BCUT2D eigenvalue weighted by atomic mass is 9.96. The fraction of sp³-hybridized carbons (Fsp3) is 0.636. The smallest absolute Gasteiger partial charge is 0.315 e. The van der Waals surface area contributed by atoms with Crippen molar-refractivity contribution in [3.63, 3.8) is 0 Å². The van der Waals surface area contributed by atoms with E-state index in [1.165, 1.54) is 22.5 Å². The highest BCUT2D eigenvalue weighted by atomic mass is 16.3. The Balaban J connectivity index is 1.46. The maximum absolute atomic E-state index is 13.4. The van der Waals surface area contributed by atoms with Gasteiger partial charge >= 0.3 is 6.03 Å². The molecule has 0 unspecified atom stereocenters. The number of hydrogen-bond donors (Lipinski definition) is 3. The molecule has 10 heteroatoms. The standard InChI is InChI=1S/C22H31N5O5/c23-19(28)16-8-4-10-26(16)20(29)17-12-15(13-27(17)21(30)18-9-5-11-32-18)25-22(31)24-14-6-2-1-3-7-14/h5,9,11,14-17H,1-4,6-8,10,12-13H2,(H2,23,28)(H2,24,25,31)/t15-,16+,17-/m0/s1. The summed E-state index contributed by atoms with van der Waals surface area (Å²) in [6.45, 7) is 0.606. The minimum Gasteiger partial charge on any atom is -0.459 e. The molecule has 0 aromatic carbocycles. The van der Waals surface area contributed by atoms with E-state index in [0.717, 1.165) is 25.7 Å². The molecule has 2 aliphatic heterocycles. The van der Waals surface area contributed by atoms with Crippen LogP contribution in [-0.4, -0.2) is 70.8 Å². The average Bonchev–Trinajstić information content (AvgIpc) is 3.53. The van der Waals surface area contributed by atoms with Gasteiger partial charge in [-0.25, -0.2) is 4.79 Å². The number of carbonyl (C=O) groups excluding carboxylic acids is 4. The van der Waals surface area contributed by atoms with E-state index in [-0.39, 0.29) is 42.7 Å². The second kappa shape index (κ2) is 9.62. The van der Waals surface area contributed by atoms with Crippen LogP contribution in [0.1, 0.15) is 61.9 Å². The van der Waals surface area contributed by atoms with E-state index in [2.05, 4.69) is 10.6 Å². The number of hydrogen-bond acceptors (Lipinski definition) is 5. The third-order valence-electron chi connectivity index (χ3n) is 6.72. The molecule has 1 aromatic rings. The van der Waals surface area contributed by atoms with E-state index in [1.54, 1.807) is 12.1 Å². The Bertz CT molecular complexity index is 851. The molecule has 4 rings (SSSR count). The summed E-state index contributed by atoms with van der Waals surface area (Å²) in [5, 5.41) is 5.94. The lowest BCUT2D eigenvalue weighted by molar-refractivity contribution is -0.140. The van der Waals surface area contributed by atoms with Gasteiger partial charge < -0.3 is 30.6 Å². The number of nitrogens with two attached hydrogens (primary N) is 1. The molecule has 1 aromatic heterocycles. The third-order valence-corrected chi connectivity index (χ3v) is 6.72. The Morgan fingerprint density at radius 1 is 0.938 bits per heavy atom. The van der Waals surface area contributed by atoms with Crippen LogP contribution in [0.4, 0.5) is 4.79 Å². The minimum absolute atomic E-state index is 0.128. The van der Waals surface area contributed by atoms with Crippen molar-refractivity contribution in [3.05, 3.63) is 24.2 Å². The Morgan fingerprint density at radius 2 is 1.69 bits per heavy atom. The van der Waals surface area contributed by atoms with Crippen molar-refractivity contribution >= 4 is 23.8 Å². The molecule has 2 saturated heterocycles. The van der Waals surface area contributed by atoms with Crippen molar-refractivity contribution < 1.29 is 23.6 Å². The van der Waals surface area contributed by atoms with E-state index < -0.39 is 23.9 Å². The summed E-state index contributed by atoms with van der Waals surface area (Å²) in [6, 6.07) is 1.18. The number of amides is 5. The molecular weight excluding hydrogens is 414 g/mol. The second-order valence-electron chi connectivity index (χ2n) is 8.93. The van der Waals surface area contributed by atoms with Crippen molar-refractivity contribution in [2.45, 2.75) is 75.5 Å². The van der Waals surface area contributed by atoms with Gasteiger partial charge in [0.05, 0.1) is 12.3 Å². The van der Waals surface area contributed by atoms with Gasteiger partial charge in [0, 0.05) is 19.1 Å².